The van der Waals surface area contributed by atoms with E-state index in [9.17, 15) is 0 Å². The molecule has 0 aliphatic heterocycles. The first-order valence-electron chi connectivity index (χ1n) is 1.88. The second-order valence-corrected chi connectivity index (χ2v) is 1.06. The molecule has 0 rings (SSSR count). The summed E-state index contributed by atoms with van der Waals surface area (Å²) in [4.78, 5) is 3.68. The van der Waals surface area contributed by atoms with Crippen LogP contribution in [0.4, 0.5) is 0 Å². The lowest BCUT2D eigenvalue weighted by Crippen LogP contribution is -2.11. The zero-order valence-electron chi connectivity index (χ0n) is 3.87. The quantitative estimate of drug-likeness (QED) is 0.301. The normalized spacial score (nSPS) is 13.4. The second kappa shape index (κ2) is 3.80. The molecule has 1 unspecified atom stereocenters. The highest BCUT2D eigenvalue weighted by molar-refractivity contribution is 4.77. The van der Waals surface area contributed by atoms with Crippen molar-refractivity contribution >= 4 is 0 Å². The van der Waals surface area contributed by atoms with Gasteiger partial charge in [-0.15, -0.1) is 6.58 Å². The van der Waals surface area contributed by atoms with Crippen LogP contribution in [0.3, 0.4) is 0 Å². The predicted octanol–water partition coefficient (Wildman–Crippen LogP) is 0.0229. The fraction of sp³-hybridized carbons (Fsp3) is 0.500. The topological polar surface area (TPSA) is 49.7 Å². The molecular formula is C4H8O3. The fourth-order valence-corrected chi connectivity index (χ4v) is 0.151. The number of aliphatic hydroxyl groups excluding tert-OH is 1. The third-order valence-corrected chi connectivity index (χ3v) is 0.578. The van der Waals surface area contributed by atoms with Crippen molar-refractivity contribution in [2.45, 2.75) is 6.10 Å². The van der Waals surface area contributed by atoms with Gasteiger partial charge in [0, 0.05) is 0 Å². The Kier molecular flexibility index (Phi) is 3.59. The Hall–Kier alpha value is -0.380. The smallest absolute Gasteiger partial charge is 0.133 e. The predicted molar refractivity (Wildman–Crippen MR) is 24.8 cm³/mol. The summed E-state index contributed by atoms with van der Waals surface area (Å²) in [6.07, 6.45) is 0.667. The van der Waals surface area contributed by atoms with Crippen molar-refractivity contribution in [3.63, 3.8) is 0 Å². The molecule has 0 radical (unpaired) electrons. The van der Waals surface area contributed by atoms with Crippen LogP contribution in [0.25, 0.3) is 0 Å². The molecule has 0 aromatic rings. The molecule has 0 heterocycles. The summed E-state index contributed by atoms with van der Waals surface area (Å²) < 4.78 is 0. The summed E-state index contributed by atoms with van der Waals surface area (Å²) in [6, 6.07) is 0. The van der Waals surface area contributed by atoms with E-state index in [4.69, 9.17) is 10.4 Å². The van der Waals surface area contributed by atoms with Crippen LogP contribution in [0.5, 0.6) is 0 Å². The highest BCUT2D eigenvalue weighted by Crippen LogP contribution is 1.85. The SMILES string of the molecule is C=CC(CO)OO. The second-order valence-electron chi connectivity index (χ2n) is 1.06. The summed E-state index contributed by atoms with van der Waals surface area (Å²) in [5.41, 5.74) is 0. The first-order chi connectivity index (χ1) is 3.35. The fourth-order valence-electron chi connectivity index (χ4n) is 0.151. The third-order valence-electron chi connectivity index (χ3n) is 0.578. The van der Waals surface area contributed by atoms with Gasteiger partial charge in [-0.05, 0) is 0 Å². The van der Waals surface area contributed by atoms with E-state index in [-0.39, 0.29) is 6.61 Å². The van der Waals surface area contributed by atoms with Gasteiger partial charge in [0.15, 0.2) is 0 Å². The van der Waals surface area contributed by atoms with Crippen LogP contribution in [0.2, 0.25) is 0 Å². The van der Waals surface area contributed by atoms with Crippen molar-refractivity contribution in [1.82, 2.24) is 0 Å². The highest BCUT2D eigenvalue weighted by atomic mass is 17.1. The largest absolute Gasteiger partial charge is 0.393 e. The monoisotopic (exact) mass is 104 g/mol. The Morgan fingerprint density at radius 1 is 1.86 bits per heavy atom. The molecule has 0 bridgehead atoms. The number of aliphatic hydroxyl groups is 1. The van der Waals surface area contributed by atoms with Gasteiger partial charge in [-0.2, -0.15) is 0 Å². The van der Waals surface area contributed by atoms with Gasteiger partial charge in [0.25, 0.3) is 0 Å². The maximum Gasteiger partial charge on any atom is 0.133 e. The van der Waals surface area contributed by atoms with E-state index in [0.717, 1.165) is 0 Å². The summed E-state index contributed by atoms with van der Waals surface area (Å²) >= 11 is 0. The van der Waals surface area contributed by atoms with Crippen LogP contribution in [0.1, 0.15) is 0 Å². The molecule has 0 aromatic heterocycles. The molecule has 42 valence electrons. The molecule has 0 saturated heterocycles. The van der Waals surface area contributed by atoms with Crippen molar-refractivity contribution in [2.24, 2.45) is 0 Å². The van der Waals surface area contributed by atoms with Crippen molar-refractivity contribution in [3.8, 4) is 0 Å². The van der Waals surface area contributed by atoms with Crippen LogP contribution in [0, 0.1) is 0 Å². The van der Waals surface area contributed by atoms with E-state index in [2.05, 4.69) is 11.5 Å². The Labute approximate surface area is 41.8 Å². The Bertz CT molecular complexity index is 48.9. The molecule has 0 aliphatic carbocycles. The molecule has 3 nitrogen and oxygen atoms in total. The Morgan fingerprint density at radius 2 is 2.43 bits per heavy atom. The van der Waals surface area contributed by atoms with Gasteiger partial charge in [-0.3, -0.25) is 5.26 Å². The molecule has 7 heavy (non-hydrogen) atoms. The average Bonchev–Trinajstić information content (AvgIpc) is 1.72. The molecule has 0 amide bonds. The van der Waals surface area contributed by atoms with Gasteiger partial charge in [0.05, 0.1) is 6.61 Å². The van der Waals surface area contributed by atoms with Crippen LogP contribution >= 0.6 is 0 Å². The van der Waals surface area contributed by atoms with Crippen molar-refractivity contribution in [2.75, 3.05) is 6.61 Å². The molecule has 0 aliphatic rings. The Morgan fingerprint density at radius 3 is 2.43 bits per heavy atom. The van der Waals surface area contributed by atoms with E-state index in [1.165, 1.54) is 6.08 Å². The van der Waals surface area contributed by atoms with Crippen LogP contribution in [0.15, 0.2) is 12.7 Å². The molecule has 3 heteroatoms. The van der Waals surface area contributed by atoms with E-state index in [1.807, 2.05) is 0 Å². The third kappa shape index (κ3) is 2.33. The lowest BCUT2D eigenvalue weighted by Gasteiger charge is -1.99. The summed E-state index contributed by atoms with van der Waals surface area (Å²) in [5, 5.41) is 16.0. The van der Waals surface area contributed by atoms with Gasteiger partial charge in [-0.25, -0.2) is 4.89 Å². The van der Waals surface area contributed by atoms with E-state index >= 15 is 0 Å². The number of hydrogen-bond donors (Lipinski definition) is 2. The van der Waals surface area contributed by atoms with Crippen molar-refractivity contribution < 1.29 is 15.3 Å². The van der Waals surface area contributed by atoms with Crippen LogP contribution in [-0.2, 0) is 4.89 Å². The van der Waals surface area contributed by atoms with Crippen molar-refractivity contribution in [3.05, 3.63) is 12.7 Å². The Balaban J connectivity index is 3.16. The molecule has 2 N–H and O–H groups in total. The lowest BCUT2D eigenvalue weighted by molar-refractivity contribution is -0.271. The van der Waals surface area contributed by atoms with Gasteiger partial charge in [0.2, 0.25) is 0 Å². The number of hydrogen-bond acceptors (Lipinski definition) is 3. The zero-order valence-corrected chi connectivity index (χ0v) is 3.87. The minimum atomic E-state index is -0.639. The van der Waals surface area contributed by atoms with Gasteiger partial charge >= 0.3 is 0 Å². The molecule has 1 atom stereocenters. The molecule has 0 fully saturated rings. The van der Waals surface area contributed by atoms with E-state index in [1.54, 1.807) is 0 Å². The molecular weight excluding hydrogens is 96.0 g/mol. The van der Waals surface area contributed by atoms with E-state index < -0.39 is 6.10 Å². The van der Waals surface area contributed by atoms with E-state index in [0.29, 0.717) is 0 Å². The molecule has 0 spiro atoms. The van der Waals surface area contributed by atoms with Gasteiger partial charge in [0.1, 0.15) is 6.10 Å². The highest BCUT2D eigenvalue weighted by Gasteiger charge is 1.96. The minimum absolute atomic E-state index is 0.236. The summed E-state index contributed by atoms with van der Waals surface area (Å²) in [6.45, 7) is 3.02. The maximum atomic E-state index is 8.17. The zero-order chi connectivity index (χ0) is 5.70. The maximum absolute atomic E-state index is 8.17. The summed E-state index contributed by atoms with van der Waals surface area (Å²) in [7, 11) is 0. The first-order valence-corrected chi connectivity index (χ1v) is 1.88. The molecule has 0 saturated carbocycles. The average molecular weight is 104 g/mol. The van der Waals surface area contributed by atoms with Gasteiger partial charge < -0.3 is 5.11 Å². The van der Waals surface area contributed by atoms with Crippen LogP contribution < -0.4 is 0 Å². The standard InChI is InChI=1S/C4H8O3/c1-2-4(3-5)7-6/h2,4-6H,1,3H2. The van der Waals surface area contributed by atoms with Gasteiger partial charge in [-0.1, -0.05) is 6.08 Å². The lowest BCUT2D eigenvalue weighted by atomic mass is 10.4. The van der Waals surface area contributed by atoms with Crippen molar-refractivity contribution in [1.29, 1.82) is 0 Å². The minimum Gasteiger partial charge on any atom is -0.393 e. The first kappa shape index (κ1) is 6.62. The number of rotatable bonds is 3. The van der Waals surface area contributed by atoms with Crippen LogP contribution in [-0.4, -0.2) is 23.1 Å². The summed E-state index contributed by atoms with van der Waals surface area (Å²) in [5.74, 6) is 0. The molecule has 0 aromatic carbocycles.